The van der Waals surface area contributed by atoms with Gasteiger partial charge in [-0.3, -0.25) is 4.79 Å². The van der Waals surface area contributed by atoms with Crippen molar-refractivity contribution in [1.29, 1.82) is 0 Å². The summed E-state index contributed by atoms with van der Waals surface area (Å²) in [5.41, 5.74) is 1.45. The Morgan fingerprint density at radius 1 is 1.20 bits per heavy atom. The molecular formula is C17H19ClN2O4S. The van der Waals surface area contributed by atoms with E-state index in [0.29, 0.717) is 16.5 Å². The molecule has 0 atom stereocenters. The molecule has 25 heavy (non-hydrogen) atoms. The van der Waals surface area contributed by atoms with Gasteiger partial charge in [-0.05, 0) is 36.8 Å². The van der Waals surface area contributed by atoms with Gasteiger partial charge in [0.1, 0.15) is 5.75 Å². The summed E-state index contributed by atoms with van der Waals surface area (Å²) in [6.07, 6.45) is 0. The third kappa shape index (κ3) is 4.12. The molecule has 6 nitrogen and oxygen atoms in total. The number of ether oxygens (including phenoxy) is 1. The second kappa shape index (κ2) is 7.43. The number of nitrogens with zero attached hydrogens (tertiary/aromatic N) is 1. The minimum absolute atomic E-state index is 0.0457. The highest BCUT2D eigenvalue weighted by molar-refractivity contribution is 7.89. The summed E-state index contributed by atoms with van der Waals surface area (Å²) in [5, 5.41) is 3.24. The first-order valence-corrected chi connectivity index (χ1v) is 9.16. The molecule has 0 aliphatic carbocycles. The van der Waals surface area contributed by atoms with E-state index in [2.05, 4.69) is 5.32 Å². The van der Waals surface area contributed by atoms with Crippen LogP contribution in [0, 0.1) is 6.92 Å². The van der Waals surface area contributed by atoms with E-state index in [1.165, 1.54) is 39.4 Å². The van der Waals surface area contributed by atoms with E-state index in [1.807, 2.05) is 6.92 Å². The number of hydrogen-bond donors (Lipinski definition) is 1. The fourth-order valence-electron chi connectivity index (χ4n) is 2.13. The highest BCUT2D eigenvalue weighted by Gasteiger charge is 2.19. The summed E-state index contributed by atoms with van der Waals surface area (Å²) < 4.78 is 30.7. The predicted octanol–water partition coefficient (Wildman–Crippen LogP) is 3.16. The van der Waals surface area contributed by atoms with Crippen LogP contribution in [0.2, 0.25) is 5.02 Å². The van der Waals surface area contributed by atoms with Crippen LogP contribution in [0.3, 0.4) is 0 Å². The summed E-state index contributed by atoms with van der Waals surface area (Å²) in [6.45, 7) is 1.81. The van der Waals surface area contributed by atoms with Gasteiger partial charge in [-0.1, -0.05) is 17.7 Å². The average molecular weight is 383 g/mol. The molecule has 2 rings (SSSR count). The van der Waals surface area contributed by atoms with Crippen LogP contribution in [0.4, 0.5) is 5.69 Å². The Morgan fingerprint density at radius 3 is 2.48 bits per heavy atom. The van der Waals surface area contributed by atoms with Crippen molar-refractivity contribution in [2.24, 2.45) is 0 Å². The van der Waals surface area contributed by atoms with E-state index >= 15 is 0 Å². The molecule has 8 heteroatoms. The van der Waals surface area contributed by atoms with E-state index in [0.717, 1.165) is 9.87 Å². The number of benzene rings is 2. The van der Waals surface area contributed by atoms with Gasteiger partial charge in [-0.2, -0.15) is 0 Å². The Bertz CT molecular complexity index is 911. The standard InChI is InChI=1S/C17H19ClN2O4S/c1-11-8-15(16(24-4)10-14(11)18)19-17(21)12-6-5-7-13(9-12)25(22,23)20(2)3/h5-10H,1-4H3,(H,19,21). The Morgan fingerprint density at radius 2 is 1.88 bits per heavy atom. The van der Waals surface area contributed by atoms with Gasteiger partial charge in [-0.15, -0.1) is 0 Å². The molecule has 0 heterocycles. The molecule has 0 aliphatic heterocycles. The second-order valence-corrected chi connectivity index (χ2v) is 8.13. The number of halogens is 1. The topological polar surface area (TPSA) is 75.7 Å². The van der Waals surface area contributed by atoms with Crippen molar-refractivity contribution >= 4 is 33.2 Å². The molecule has 2 aromatic rings. The van der Waals surface area contributed by atoms with Gasteiger partial charge in [-0.25, -0.2) is 12.7 Å². The largest absolute Gasteiger partial charge is 0.495 e. The van der Waals surface area contributed by atoms with Crippen LogP contribution in [0.1, 0.15) is 15.9 Å². The summed E-state index contributed by atoms with van der Waals surface area (Å²) >= 11 is 6.05. The van der Waals surface area contributed by atoms with Crippen molar-refractivity contribution in [3.63, 3.8) is 0 Å². The molecule has 0 spiro atoms. The van der Waals surface area contributed by atoms with Crippen LogP contribution in [0.5, 0.6) is 5.75 Å². The number of carbonyl (C=O) groups is 1. The normalized spacial score (nSPS) is 11.4. The molecule has 134 valence electrons. The molecule has 2 aromatic carbocycles. The van der Waals surface area contributed by atoms with Crippen molar-refractivity contribution < 1.29 is 17.9 Å². The number of amides is 1. The maximum atomic E-state index is 12.5. The zero-order valence-corrected chi connectivity index (χ0v) is 15.9. The van der Waals surface area contributed by atoms with Crippen LogP contribution in [0.25, 0.3) is 0 Å². The average Bonchev–Trinajstić information content (AvgIpc) is 2.57. The Labute approximate surface area is 152 Å². The predicted molar refractivity (Wildman–Crippen MR) is 98.0 cm³/mol. The first kappa shape index (κ1) is 19.2. The summed E-state index contributed by atoms with van der Waals surface area (Å²) in [7, 11) is 0.721. The van der Waals surface area contributed by atoms with E-state index in [9.17, 15) is 13.2 Å². The molecule has 0 radical (unpaired) electrons. The number of sulfonamides is 1. The minimum Gasteiger partial charge on any atom is -0.495 e. The number of rotatable bonds is 5. The molecule has 0 unspecified atom stereocenters. The zero-order valence-electron chi connectivity index (χ0n) is 14.3. The van der Waals surface area contributed by atoms with Crippen molar-refractivity contribution in [2.45, 2.75) is 11.8 Å². The Kier molecular flexibility index (Phi) is 5.72. The third-order valence-corrected chi connectivity index (χ3v) is 5.82. The van der Waals surface area contributed by atoms with Gasteiger partial charge >= 0.3 is 0 Å². The van der Waals surface area contributed by atoms with Gasteiger partial charge in [0.05, 0.1) is 17.7 Å². The summed E-state index contributed by atoms with van der Waals surface area (Å²) in [6, 6.07) is 9.15. The number of aryl methyl sites for hydroxylation is 1. The lowest BCUT2D eigenvalue weighted by atomic mass is 10.1. The Balaban J connectivity index is 2.36. The highest BCUT2D eigenvalue weighted by atomic mass is 35.5. The lowest BCUT2D eigenvalue weighted by Crippen LogP contribution is -2.22. The van der Waals surface area contributed by atoms with Gasteiger partial charge in [0, 0.05) is 30.7 Å². The van der Waals surface area contributed by atoms with E-state index in [1.54, 1.807) is 18.2 Å². The van der Waals surface area contributed by atoms with E-state index < -0.39 is 15.9 Å². The van der Waals surface area contributed by atoms with Crippen LogP contribution >= 0.6 is 11.6 Å². The first-order valence-electron chi connectivity index (χ1n) is 7.35. The van der Waals surface area contributed by atoms with E-state index in [-0.39, 0.29) is 10.5 Å². The maximum Gasteiger partial charge on any atom is 0.255 e. The maximum absolute atomic E-state index is 12.5. The van der Waals surface area contributed by atoms with Gasteiger partial charge < -0.3 is 10.1 Å². The molecule has 1 N–H and O–H groups in total. The molecule has 0 bridgehead atoms. The molecule has 1 amide bonds. The number of carbonyl (C=O) groups excluding carboxylic acids is 1. The molecular weight excluding hydrogens is 364 g/mol. The first-order chi connectivity index (χ1) is 11.7. The quantitative estimate of drug-likeness (QED) is 0.861. The highest BCUT2D eigenvalue weighted by Crippen LogP contribution is 2.31. The molecule has 0 aliphatic rings. The lowest BCUT2D eigenvalue weighted by Gasteiger charge is -2.14. The van der Waals surface area contributed by atoms with E-state index in [4.69, 9.17) is 16.3 Å². The van der Waals surface area contributed by atoms with Crippen molar-refractivity contribution in [1.82, 2.24) is 4.31 Å². The summed E-state index contributed by atoms with van der Waals surface area (Å²) in [5.74, 6) is -0.0307. The fourth-order valence-corrected chi connectivity index (χ4v) is 3.23. The van der Waals surface area contributed by atoms with Gasteiger partial charge in [0.15, 0.2) is 0 Å². The number of hydrogen-bond acceptors (Lipinski definition) is 4. The zero-order chi connectivity index (χ0) is 18.8. The number of nitrogens with one attached hydrogen (secondary N) is 1. The monoisotopic (exact) mass is 382 g/mol. The van der Waals surface area contributed by atoms with Crippen LogP contribution in [-0.2, 0) is 10.0 Å². The smallest absolute Gasteiger partial charge is 0.255 e. The van der Waals surface area contributed by atoms with Crippen LogP contribution in [0.15, 0.2) is 41.3 Å². The molecule has 0 saturated heterocycles. The molecule has 0 aromatic heterocycles. The van der Waals surface area contributed by atoms with Crippen LogP contribution < -0.4 is 10.1 Å². The van der Waals surface area contributed by atoms with Crippen molar-refractivity contribution in [2.75, 3.05) is 26.5 Å². The second-order valence-electron chi connectivity index (χ2n) is 5.57. The number of methoxy groups -OCH3 is 1. The number of anilines is 1. The fraction of sp³-hybridized carbons (Fsp3) is 0.235. The van der Waals surface area contributed by atoms with Crippen LogP contribution in [-0.4, -0.2) is 39.8 Å². The van der Waals surface area contributed by atoms with Gasteiger partial charge in [0.2, 0.25) is 10.0 Å². The molecule has 0 fully saturated rings. The lowest BCUT2D eigenvalue weighted by molar-refractivity contribution is 0.102. The Hall–Kier alpha value is -2.09. The van der Waals surface area contributed by atoms with Crippen molar-refractivity contribution in [3.05, 3.63) is 52.5 Å². The van der Waals surface area contributed by atoms with Crippen molar-refractivity contribution in [3.8, 4) is 5.75 Å². The third-order valence-electron chi connectivity index (χ3n) is 3.60. The minimum atomic E-state index is -3.62. The molecule has 0 saturated carbocycles. The SMILES string of the molecule is COc1cc(Cl)c(C)cc1NC(=O)c1cccc(S(=O)(=O)N(C)C)c1. The summed E-state index contributed by atoms with van der Waals surface area (Å²) in [4.78, 5) is 12.6. The van der Waals surface area contributed by atoms with Gasteiger partial charge in [0.25, 0.3) is 5.91 Å².